The Hall–Kier alpha value is -1.20. The highest BCUT2D eigenvalue weighted by atomic mass is 16.6. The van der Waals surface area contributed by atoms with Crippen molar-refractivity contribution < 1.29 is 24.2 Å². The Bertz CT molecular complexity index is 699. The van der Waals surface area contributed by atoms with Crippen LogP contribution in [0.4, 0.5) is 0 Å². The van der Waals surface area contributed by atoms with Crippen LogP contribution in [0, 0.1) is 28.6 Å². The van der Waals surface area contributed by atoms with Crippen molar-refractivity contribution in [3.8, 4) is 0 Å². The lowest BCUT2D eigenvalue weighted by Gasteiger charge is -2.60. The van der Waals surface area contributed by atoms with Crippen molar-refractivity contribution in [1.29, 1.82) is 0 Å². The van der Waals surface area contributed by atoms with Crippen molar-refractivity contribution in [1.82, 2.24) is 0 Å². The van der Waals surface area contributed by atoms with Gasteiger partial charge >= 0.3 is 5.97 Å². The van der Waals surface area contributed by atoms with Gasteiger partial charge in [-0.1, -0.05) is 19.4 Å². The lowest BCUT2D eigenvalue weighted by molar-refractivity contribution is -0.204. The molecule has 4 rings (SSSR count). The number of hydrogen-bond donors (Lipinski definition) is 1. The first kappa shape index (κ1) is 19.1. The summed E-state index contributed by atoms with van der Waals surface area (Å²) in [6.45, 7) is 4.36. The molecular weight excluding hydrogens is 344 g/mol. The second-order valence-corrected chi connectivity index (χ2v) is 9.64. The van der Waals surface area contributed by atoms with Gasteiger partial charge in [0, 0.05) is 18.9 Å². The molecule has 4 aliphatic rings. The molecule has 0 aromatic rings. The van der Waals surface area contributed by atoms with Crippen LogP contribution in [0.5, 0.6) is 0 Å². The first-order chi connectivity index (χ1) is 12.7. The molecule has 3 fully saturated rings. The van der Waals surface area contributed by atoms with E-state index in [0.717, 1.165) is 25.7 Å². The number of aliphatic hydroxyl groups is 1. The van der Waals surface area contributed by atoms with Crippen LogP contribution in [0.15, 0.2) is 11.6 Å². The highest BCUT2D eigenvalue weighted by Crippen LogP contribution is 2.68. The normalized spacial score (nSPS) is 48.9. The predicted molar refractivity (Wildman–Crippen MR) is 99.9 cm³/mol. The highest BCUT2D eigenvalue weighted by Gasteiger charge is 2.69. The fourth-order valence-electron chi connectivity index (χ4n) is 7.59. The van der Waals surface area contributed by atoms with E-state index in [1.165, 1.54) is 12.7 Å². The van der Waals surface area contributed by atoms with Crippen LogP contribution in [0.25, 0.3) is 0 Å². The average Bonchev–Trinajstić information content (AvgIpc) is 2.94. The maximum Gasteiger partial charge on any atom is 0.338 e. The van der Waals surface area contributed by atoms with E-state index in [1.807, 2.05) is 6.08 Å². The zero-order valence-corrected chi connectivity index (χ0v) is 16.9. The largest absolute Gasteiger partial charge is 0.467 e. The van der Waals surface area contributed by atoms with E-state index in [2.05, 4.69) is 13.8 Å². The van der Waals surface area contributed by atoms with E-state index in [4.69, 9.17) is 9.47 Å². The molecule has 1 N–H and O–H groups in total. The van der Waals surface area contributed by atoms with Gasteiger partial charge in [-0.15, -0.1) is 0 Å². The molecule has 3 saturated carbocycles. The number of rotatable bonds is 2. The number of carbonyl (C=O) groups excluding carboxylic acids is 2. The number of methoxy groups -OCH3 is 2. The van der Waals surface area contributed by atoms with Gasteiger partial charge in [0.1, 0.15) is 0 Å². The fraction of sp³-hybridized carbons (Fsp3) is 0.818. The third-order valence-corrected chi connectivity index (χ3v) is 8.88. The van der Waals surface area contributed by atoms with Gasteiger partial charge in [0.15, 0.2) is 11.4 Å². The Morgan fingerprint density at radius 2 is 1.93 bits per heavy atom. The number of carbonyl (C=O) groups is 2. The van der Waals surface area contributed by atoms with Gasteiger partial charge in [-0.2, -0.15) is 0 Å². The molecule has 0 spiro atoms. The molecule has 5 heteroatoms. The van der Waals surface area contributed by atoms with Gasteiger partial charge in [0.05, 0.1) is 13.2 Å². The van der Waals surface area contributed by atoms with Crippen molar-refractivity contribution in [3.63, 3.8) is 0 Å². The number of allylic oxidation sites excluding steroid dienone is 1. The number of fused-ring (bicyclic) bond motifs is 5. The van der Waals surface area contributed by atoms with Gasteiger partial charge in [0.2, 0.25) is 0 Å². The Labute approximate surface area is 161 Å². The minimum absolute atomic E-state index is 0.110. The quantitative estimate of drug-likeness (QED) is 0.750. The van der Waals surface area contributed by atoms with E-state index in [-0.39, 0.29) is 23.1 Å². The van der Waals surface area contributed by atoms with Gasteiger partial charge in [-0.05, 0) is 67.8 Å². The molecule has 7 atom stereocenters. The number of ketones is 1. The summed E-state index contributed by atoms with van der Waals surface area (Å²) in [5.41, 5.74) is -0.289. The van der Waals surface area contributed by atoms with E-state index >= 15 is 0 Å². The predicted octanol–water partition coefficient (Wildman–Crippen LogP) is 3.05. The van der Waals surface area contributed by atoms with E-state index in [1.54, 1.807) is 7.11 Å². The molecule has 0 aromatic carbocycles. The van der Waals surface area contributed by atoms with Crippen molar-refractivity contribution in [3.05, 3.63) is 11.6 Å². The van der Waals surface area contributed by atoms with Crippen LogP contribution in [0.1, 0.15) is 58.8 Å². The second-order valence-electron chi connectivity index (χ2n) is 9.64. The van der Waals surface area contributed by atoms with Gasteiger partial charge < -0.3 is 14.6 Å². The fourth-order valence-corrected chi connectivity index (χ4v) is 7.59. The number of ether oxygens (including phenoxy) is 2. The molecule has 5 nitrogen and oxygen atoms in total. The summed E-state index contributed by atoms with van der Waals surface area (Å²) in [6.07, 6.45) is 6.73. The van der Waals surface area contributed by atoms with E-state index in [9.17, 15) is 14.7 Å². The zero-order chi connectivity index (χ0) is 19.6. The molecular formula is C22H32O5. The minimum atomic E-state index is -0.974. The van der Waals surface area contributed by atoms with E-state index in [0.29, 0.717) is 31.1 Å². The lowest BCUT2D eigenvalue weighted by Crippen LogP contribution is -2.62. The third kappa shape index (κ3) is 2.30. The Morgan fingerprint density at radius 3 is 2.59 bits per heavy atom. The van der Waals surface area contributed by atoms with Gasteiger partial charge in [-0.25, -0.2) is 4.79 Å². The summed E-state index contributed by atoms with van der Waals surface area (Å²) in [6, 6.07) is 0. The monoisotopic (exact) mass is 376 g/mol. The molecule has 0 radical (unpaired) electrons. The molecule has 2 unspecified atom stereocenters. The molecule has 4 aliphatic carbocycles. The van der Waals surface area contributed by atoms with Crippen LogP contribution in [0.2, 0.25) is 0 Å². The van der Waals surface area contributed by atoms with Crippen molar-refractivity contribution in [2.45, 2.75) is 70.5 Å². The second kappa shape index (κ2) is 6.15. The first-order valence-corrected chi connectivity index (χ1v) is 10.3. The van der Waals surface area contributed by atoms with Crippen LogP contribution >= 0.6 is 0 Å². The SMILES string of the molecule is COC(=O)C1(OC)CC[C@H]2[C@@H]3CCC4=CC(=O)CC[C@]4(C)[C@@H]3C(O)C[C@@]21C. The first-order valence-electron chi connectivity index (χ1n) is 10.3. The molecule has 0 heterocycles. The number of aliphatic hydroxyl groups excluding tert-OH is 1. The Balaban J connectivity index is 1.75. The smallest absolute Gasteiger partial charge is 0.338 e. The van der Waals surface area contributed by atoms with Crippen molar-refractivity contribution in [2.75, 3.05) is 14.2 Å². The molecule has 0 saturated heterocycles. The highest BCUT2D eigenvalue weighted by molar-refractivity contribution is 5.91. The minimum Gasteiger partial charge on any atom is -0.467 e. The summed E-state index contributed by atoms with van der Waals surface area (Å²) in [4.78, 5) is 24.7. The van der Waals surface area contributed by atoms with Crippen LogP contribution in [-0.4, -0.2) is 42.8 Å². The topological polar surface area (TPSA) is 72.8 Å². The Morgan fingerprint density at radius 1 is 1.19 bits per heavy atom. The maximum absolute atomic E-state index is 12.7. The Kier molecular flexibility index (Phi) is 4.36. The van der Waals surface area contributed by atoms with Gasteiger partial charge in [-0.3, -0.25) is 4.79 Å². The summed E-state index contributed by atoms with van der Waals surface area (Å²) >= 11 is 0. The number of esters is 1. The van der Waals surface area contributed by atoms with E-state index < -0.39 is 17.1 Å². The molecule has 0 aliphatic heterocycles. The lowest BCUT2D eigenvalue weighted by atomic mass is 9.45. The number of hydrogen-bond acceptors (Lipinski definition) is 5. The van der Waals surface area contributed by atoms with Crippen LogP contribution in [-0.2, 0) is 19.1 Å². The maximum atomic E-state index is 12.7. The molecule has 27 heavy (non-hydrogen) atoms. The molecule has 0 bridgehead atoms. The summed E-state index contributed by atoms with van der Waals surface area (Å²) < 4.78 is 11.0. The van der Waals surface area contributed by atoms with Crippen molar-refractivity contribution in [2.24, 2.45) is 28.6 Å². The van der Waals surface area contributed by atoms with Gasteiger partial charge in [0.25, 0.3) is 0 Å². The summed E-state index contributed by atoms with van der Waals surface area (Å²) in [5.74, 6) is 0.721. The molecule has 0 aromatic heterocycles. The van der Waals surface area contributed by atoms with Crippen LogP contribution in [0.3, 0.4) is 0 Å². The molecule has 150 valence electrons. The standard InChI is InChI=1S/C22H32O5/c1-20-9-7-14(23)11-13(20)5-6-15-16-8-10-22(27-4,19(25)26-3)21(16,2)12-17(24)18(15)20/h11,15-18,24H,5-10,12H2,1-4H3/t15-,16-,17?,18-,20-,21-,22?/m0/s1. The summed E-state index contributed by atoms with van der Waals surface area (Å²) in [5, 5.41) is 11.3. The molecule has 0 amide bonds. The summed E-state index contributed by atoms with van der Waals surface area (Å²) in [7, 11) is 3.01. The third-order valence-electron chi connectivity index (χ3n) is 8.88. The zero-order valence-electron chi connectivity index (χ0n) is 16.9. The van der Waals surface area contributed by atoms with Crippen LogP contribution < -0.4 is 0 Å². The average molecular weight is 376 g/mol. The van der Waals surface area contributed by atoms with Crippen molar-refractivity contribution >= 4 is 11.8 Å².